The summed E-state index contributed by atoms with van der Waals surface area (Å²) in [5.74, 6) is -1.56. The van der Waals surface area contributed by atoms with Crippen molar-refractivity contribution < 1.29 is 24.5 Å². The third kappa shape index (κ3) is 3.38. The average Bonchev–Trinajstić information content (AvgIpc) is 2.30. The van der Waals surface area contributed by atoms with Crippen molar-refractivity contribution in [3.63, 3.8) is 0 Å². The molecule has 18 heavy (non-hydrogen) atoms. The number of hydrogen-bond acceptors (Lipinski definition) is 5. The van der Waals surface area contributed by atoms with E-state index >= 15 is 0 Å². The van der Waals surface area contributed by atoms with Gasteiger partial charge in [-0.2, -0.15) is 0 Å². The second kappa shape index (κ2) is 5.90. The van der Waals surface area contributed by atoms with Crippen molar-refractivity contribution in [1.82, 2.24) is 0 Å². The highest BCUT2D eigenvalue weighted by atomic mass is 16.5. The minimum atomic E-state index is -0.541. The van der Waals surface area contributed by atoms with Crippen LogP contribution < -0.4 is 4.90 Å². The first-order valence-corrected chi connectivity index (χ1v) is 5.41. The zero-order chi connectivity index (χ0) is 13.7. The van der Waals surface area contributed by atoms with E-state index in [0.29, 0.717) is 5.69 Å². The molecule has 6 nitrogen and oxygen atoms in total. The Kier molecular flexibility index (Phi) is 4.53. The molecule has 98 valence electrons. The minimum Gasteiger partial charge on any atom is -0.504 e. The number of nitrogens with zero attached hydrogens (tertiary/aromatic N) is 1. The van der Waals surface area contributed by atoms with Gasteiger partial charge in [0.1, 0.15) is 6.54 Å². The number of esters is 1. The number of carbonyl (C=O) groups excluding carboxylic acids is 2. The normalized spacial score (nSPS) is 9.89. The molecule has 1 aromatic carbocycles. The molecule has 0 heterocycles. The van der Waals surface area contributed by atoms with E-state index in [2.05, 4.69) is 0 Å². The van der Waals surface area contributed by atoms with Crippen LogP contribution in [0.25, 0.3) is 0 Å². The van der Waals surface area contributed by atoms with E-state index in [1.165, 1.54) is 25.1 Å². The molecule has 6 heteroatoms. The second-order valence-corrected chi connectivity index (χ2v) is 3.58. The fourth-order valence-electron chi connectivity index (χ4n) is 1.40. The van der Waals surface area contributed by atoms with E-state index in [1.807, 2.05) is 0 Å². The number of rotatable bonds is 4. The van der Waals surface area contributed by atoms with Crippen LogP contribution in [0.5, 0.6) is 11.5 Å². The molecule has 0 radical (unpaired) electrons. The van der Waals surface area contributed by atoms with Gasteiger partial charge in [0.25, 0.3) is 0 Å². The summed E-state index contributed by atoms with van der Waals surface area (Å²) in [5.41, 5.74) is 0.311. The van der Waals surface area contributed by atoms with Crippen molar-refractivity contribution >= 4 is 17.6 Å². The molecule has 0 aliphatic rings. The molecule has 0 bridgehead atoms. The lowest BCUT2D eigenvalue weighted by molar-refractivity contribution is -0.142. The third-order valence-corrected chi connectivity index (χ3v) is 2.24. The Hall–Kier alpha value is -2.24. The van der Waals surface area contributed by atoms with Gasteiger partial charge in [-0.05, 0) is 19.1 Å². The first-order chi connectivity index (χ1) is 8.45. The van der Waals surface area contributed by atoms with Gasteiger partial charge in [0.2, 0.25) is 5.91 Å². The summed E-state index contributed by atoms with van der Waals surface area (Å²) >= 11 is 0. The van der Waals surface area contributed by atoms with E-state index in [1.54, 1.807) is 6.92 Å². The summed E-state index contributed by atoms with van der Waals surface area (Å²) in [4.78, 5) is 24.0. The molecule has 0 aromatic heterocycles. The highest BCUT2D eigenvalue weighted by Gasteiger charge is 2.17. The fourth-order valence-corrected chi connectivity index (χ4v) is 1.40. The van der Waals surface area contributed by atoms with E-state index in [9.17, 15) is 19.8 Å². The number of aromatic hydroxyl groups is 2. The molecular weight excluding hydrogens is 238 g/mol. The van der Waals surface area contributed by atoms with Crippen molar-refractivity contribution in [1.29, 1.82) is 0 Å². The van der Waals surface area contributed by atoms with Gasteiger partial charge < -0.3 is 19.8 Å². The summed E-state index contributed by atoms with van der Waals surface area (Å²) in [7, 11) is 0. The van der Waals surface area contributed by atoms with Crippen LogP contribution in [0.15, 0.2) is 18.2 Å². The molecule has 0 fully saturated rings. The van der Waals surface area contributed by atoms with Crippen LogP contribution >= 0.6 is 0 Å². The van der Waals surface area contributed by atoms with Crippen molar-refractivity contribution in [3.8, 4) is 11.5 Å². The first kappa shape index (κ1) is 13.8. The number of phenolic OH excluding ortho intramolecular Hbond substituents is 2. The van der Waals surface area contributed by atoms with Crippen LogP contribution in [-0.4, -0.2) is 35.2 Å². The highest BCUT2D eigenvalue weighted by Crippen LogP contribution is 2.29. The van der Waals surface area contributed by atoms with Crippen molar-refractivity contribution in [2.75, 3.05) is 18.1 Å². The second-order valence-electron chi connectivity index (χ2n) is 3.58. The predicted molar refractivity (Wildman–Crippen MR) is 64.4 cm³/mol. The number of phenols is 2. The van der Waals surface area contributed by atoms with Crippen LogP contribution in [0.4, 0.5) is 5.69 Å². The van der Waals surface area contributed by atoms with Crippen LogP contribution in [0.1, 0.15) is 13.8 Å². The molecule has 1 amide bonds. The van der Waals surface area contributed by atoms with E-state index in [-0.39, 0.29) is 30.6 Å². The van der Waals surface area contributed by atoms with Gasteiger partial charge in [-0.1, -0.05) is 0 Å². The molecular formula is C12H15NO5. The number of anilines is 1. The largest absolute Gasteiger partial charge is 0.504 e. The zero-order valence-corrected chi connectivity index (χ0v) is 10.2. The van der Waals surface area contributed by atoms with E-state index < -0.39 is 5.97 Å². The quantitative estimate of drug-likeness (QED) is 0.617. The van der Waals surface area contributed by atoms with Crippen LogP contribution in [0, 0.1) is 0 Å². The predicted octanol–water partition coefficient (Wildman–Crippen LogP) is 1.01. The number of ether oxygens (including phenoxy) is 1. The van der Waals surface area contributed by atoms with Crippen molar-refractivity contribution in [2.45, 2.75) is 13.8 Å². The Morgan fingerprint density at radius 1 is 1.28 bits per heavy atom. The van der Waals surface area contributed by atoms with Crippen LogP contribution in [-0.2, 0) is 14.3 Å². The van der Waals surface area contributed by atoms with Gasteiger partial charge in [-0.3, -0.25) is 9.59 Å². The standard InChI is InChI=1S/C12H15NO5/c1-3-18-12(17)7-13(8(2)14)9-4-5-10(15)11(16)6-9/h4-6,15-16H,3,7H2,1-2H3. The maximum absolute atomic E-state index is 11.5. The molecule has 0 aliphatic heterocycles. The lowest BCUT2D eigenvalue weighted by Crippen LogP contribution is -2.34. The summed E-state index contributed by atoms with van der Waals surface area (Å²) < 4.78 is 4.75. The molecule has 0 saturated heterocycles. The van der Waals surface area contributed by atoms with Gasteiger partial charge in [-0.15, -0.1) is 0 Å². The molecule has 0 atom stereocenters. The lowest BCUT2D eigenvalue weighted by atomic mass is 10.2. The summed E-state index contributed by atoms with van der Waals surface area (Å²) in [6.07, 6.45) is 0. The molecule has 2 N–H and O–H groups in total. The van der Waals surface area contributed by atoms with Gasteiger partial charge in [-0.25, -0.2) is 0 Å². The molecule has 0 spiro atoms. The van der Waals surface area contributed by atoms with E-state index in [4.69, 9.17) is 4.74 Å². The van der Waals surface area contributed by atoms with E-state index in [0.717, 1.165) is 4.90 Å². The Morgan fingerprint density at radius 3 is 2.44 bits per heavy atom. The number of amides is 1. The maximum Gasteiger partial charge on any atom is 0.326 e. The van der Waals surface area contributed by atoms with Crippen LogP contribution in [0.3, 0.4) is 0 Å². The molecule has 0 aliphatic carbocycles. The van der Waals surface area contributed by atoms with Gasteiger partial charge in [0, 0.05) is 18.7 Å². The minimum absolute atomic E-state index is 0.228. The van der Waals surface area contributed by atoms with Crippen LogP contribution in [0.2, 0.25) is 0 Å². The molecule has 1 rings (SSSR count). The Bertz CT molecular complexity index is 458. The number of hydrogen-bond donors (Lipinski definition) is 2. The Labute approximate surface area is 104 Å². The van der Waals surface area contributed by atoms with Crippen molar-refractivity contribution in [2.24, 2.45) is 0 Å². The Balaban J connectivity index is 2.94. The topological polar surface area (TPSA) is 87.1 Å². The van der Waals surface area contributed by atoms with Gasteiger partial charge in [0.05, 0.1) is 6.61 Å². The highest BCUT2D eigenvalue weighted by molar-refractivity contribution is 5.96. The van der Waals surface area contributed by atoms with Gasteiger partial charge >= 0.3 is 5.97 Å². The fraction of sp³-hybridized carbons (Fsp3) is 0.333. The average molecular weight is 253 g/mol. The Morgan fingerprint density at radius 2 is 1.94 bits per heavy atom. The third-order valence-electron chi connectivity index (χ3n) is 2.24. The summed E-state index contributed by atoms with van der Waals surface area (Å²) in [5, 5.41) is 18.5. The monoisotopic (exact) mass is 253 g/mol. The van der Waals surface area contributed by atoms with Gasteiger partial charge in [0.15, 0.2) is 11.5 Å². The number of carbonyl (C=O) groups is 2. The molecule has 1 aromatic rings. The first-order valence-electron chi connectivity index (χ1n) is 5.41. The smallest absolute Gasteiger partial charge is 0.326 e. The zero-order valence-electron chi connectivity index (χ0n) is 10.2. The number of benzene rings is 1. The SMILES string of the molecule is CCOC(=O)CN(C(C)=O)c1ccc(O)c(O)c1. The summed E-state index contributed by atoms with van der Waals surface area (Å²) in [6.45, 7) is 2.95. The summed E-state index contributed by atoms with van der Waals surface area (Å²) in [6, 6.07) is 3.87. The lowest BCUT2D eigenvalue weighted by Gasteiger charge is -2.20. The molecule has 0 saturated carbocycles. The van der Waals surface area contributed by atoms with Crippen molar-refractivity contribution in [3.05, 3.63) is 18.2 Å². The molecule has 0 unspecified atom stereocenters. The maximum atomic E-state index is 11.5.